The Balaban J connectivity index is 3.42. The lowest BCUT2D eigenvalue weighted by Crippen LogP contribution is -2.35. The molecule has 3 heteroatoms. The van der Waals surface area contributed by atoms with Crippen molar-refractivity contribution >= 4 is 8.56 Å². The molecule has 0 aromatic carbocycles. The van der Waals surface area contributed by atoms with E-state index in [-0.39, 0.29) is 0 Å². The zero-order chi connectivity index (χ0) is 21.5. The minimum atomic E-state index is -1.92. The molecule has 0 amide bonds. The highest BCUT2D eigenvalue weighted by Crippen LogP contribution is 2.12. The van der Waals surface area contributed by atoms with Crippen LogP contribution in [0.5, 0.6) is 0 Å². The van der Waals surface area contributed by atoms with E-state index in [4.69, 9.17) is 8.85 Å². The first kappa shape index (κ1) is 28.1. The van der Waals surface area contributed by atoms with Crippen molar-refractivity contribution in [1.29, 1.82) is 0 Å². The number of hydrogen-bond acceptors (Lipinski definition) is 2. The molecule has 29 heavy (non-hydrogen) atoms. The minimum Gasteiger partial charge on any atom is -0.395 e. The first-order chi connectivity index (χ1) is 14.1. The van der Waals surface area contributed by atoms with Crippen LogP contribution in [0.25, 0.3) is 0 Å². The first-order valence-corrected chi connectivity index (χ1v) is 14.8. The molecule has 0 fully saturated rings. The molecule has 0 bridgehead atoms. The molecule has 0 aromatic heterocycles. The summed E-state index contributed by atoms with van der Waals surface area (Å²) in [6.45, 7) is 10.2. The van der Waals surface area contributed by atoms with E-state index >= 15 is 0 Å². The Morgan fingerprint density at radius 1 is 0.517 bits per heavy atom. The van der Waals surface area contributed by atoms with Gasteiger partial charge in [0.1, 0.15) is 0 Å². The van der Waals surface area contributed by atoms with E-state index in [1.54, 1.807) is 0 Å². The minimum absolute atomic E-state index is 0.862. The zero-order valence-corrected chi connectivity index (χ0v) is 20.8. The third-order valence-corrected chi connectivity index (χ3v) is 6.61. The summed E-state index contributed by atoms with van der Waals surface area (Å²) in [5, 5.41) is 0. The van der Waals surface area contributed by atoms with Crippen molar-refractivity contribution < 1.29 is 8.85 Å². The summed E-state index contributed by atoms with van der Waals surface area (Å²) in [6.07, 6.45) is 32.3. The molecule has 0 heterocycles. The van der Waals surface area contributed by atoms with E-state index in [0.29, 0.717) is 0 Å². The van der Waals surface area contributed by atoms with E-state index in [2.05, 4.69) is 75.5 Å². The zero-order valence-electron chi connectivity index (χ0n) is 19.8. The molecule has 0 radical (unpaired) electrons. The smallest absolute Gasteiger partial charge is 0.331 e. The fraction of sp³-hybridized carbons (Fsp3) is 0.692. The predicted molar refractivity (Wildman–Crippen MR) is 133 cm³/mol. The number of unbranched alkanes of at least 4 members (excludes halogenated alkanes) is 10. The van der Waals surface area contributed by atoms with Crippen LogP contribution in [0.3, 0.4) is 0 Å². The second kappa shape index (κ2) is 21.8. The Morgan fingerprint density at radius 3 is 1.31 bits per heavy atom. The maximum Gasteiger partial charge on any atom is 0.331 e. The molecule has 0 unspecified atom stereocenters. The summed E-state index contributed by atoms with van der Waals surface area (Å²) < 4.78 is 12.2. The molecule has 0 saturated carbocycles. The van der Waals surface area contributed by atoms with Crippen molar-refractivity contribution in [3.63, 3.8) is 0 Å². The van der Waals surface area contributed by atoms with Gasteiger partial charge in [0.25, 0.3) is 0 Å². The third-order valence-electron chi connectivity index (χ3n) is 4.81. The van der Waals surface area contributed by atoms with E-state index in [1.165, 1.54) is 64.2 Å². The van der Waals surface area contributed by atoms with Crippen LogP contribution >= 0.6 is 0 Å². The van der Waals surface area contributed by atoms with Crippen molar-refractivity contribution in [2.45, 2.75) is 104 Å². The van der Waals surface area contributed by atoms with Gasteiger partial charge in [-0.2, -0.15) is 0 Å². The van der Waals surface area contributed by atoms with E-state index in [1.807, 2.05) is 0 Å². The van der Waals surface area contributed by atoms with Gasteiger partial charge in [-0.25, -0.2) is 0 Å². The van der Waals surface area contributed by atoms with Gasteiger partial charge >= 0.3 is 8.56 Å². The van der Waals surface area contributed by atoms with E-state index < -0.39 is 8.56 Å². The SMILES string of the molecule is C/C=C/C=C/CCCCCCCO[Si](C)(C)OCCCCCCC/C=C/C=C/C. The van der Waals surface area contributed by atoms with Gasteiger partial charge in [-0.3, -0.25) is 0 Å². The molecule has 0 N–H and O–H groups in total. The number of allylic oxidation sites excluding steroid dienone is 8. The van der Waals surface area contributed by atoms with Gasteiger partial charge in [-0.1, -0.05) is 87.1 Å². The standard InChI is InChI=1S/C26H48O2Si/c1-5-7-9-11-13-15-17-19-21-23-25-27-29(3,4)28-26-24-22-20-18-16-14-12-10-8-6-2/h5-12H,13-26H2,1-4H3/b7-5+,8-6+,11-9+,12-10+. The van der Waals surface area contributed by atoms with E-state index in [0.717, 1.165) is 26.1 Å². The molecule has 0 atom stereocenters. The lowest BCUT2D eigenvalue weighted by Gasteiger charge is -2.23. The van der Waals surface area contributed by atoms with Crippen molar-refractivity contribution in [3.05, 3.63) is 48.6 Å². The lowest BCUT2D eigenvalue weighted by atomic mass is 10.1. The highest BCUT2D eigenvalue weighted by molar-refractivity contribution is 6.64. The van der Waals surface area contributed by atoms with Crippen LogP contribution in [0, 0.1) is 0 Å². The summed E-state index contributed by atoms with van der Waals surface area (Å²) in [4.78, 5) is 0. The monoisotopic (exact) mass is 420 g/mol. The van der Waals surface area contributed by atoms with Crippen LogP contribution in [0.2, 0.25) is 13.1 Å². The van der Waals surface area contributed by atoms with Gasteiger partial charge in [-0.05, 0) is 65.5 Å². The van der Waals surface area contributed by atoms with Crippen molar-refractivity contribution in [1.82, 2.24) is 0 Å². The van der Waals surface area contributed by atoms with E-state index in [9.17, 15) is 0 Å². The summed E-state index contributed by atoms with van der Waals surface area (Å²) in [6, 6.07) is 0. The summed E-state index contributed by atoms with van der Waals surface area (Å²) in [5.74, 6) is 0. The summed E-state index contributed by atoms with van der Waals surface area (Å²) >= 11 is 0. The van der Waals surface area contributed by atoms with Gasteiger partial charge in [0.2, 0.25) is 0 Å². The molecule has 0 aliphatic heterocycles. The Morgan fingerprint density at radius 2 is 0.897 bits per heavy atom. The predicted octanol–water partition coefficient (Wildman–Crippen LogP) is 8.67. The maximum atomic E-state index is 6.08. The molecule has 0 saturated heterocycles. The topological polar surface area (TPSA) is 18.5 Å². The quantitative estimate of drug-likeness (QED) is 0.111. The van der Waals surface area contributed by atoms with Crippen LogP contribution in [0.15, 0.2) is 48.6 Å². The molecule has 168 valence electrons. The molecular weight excluding hydrogens is 372 g/mol. The molecule has 0 aliphatic rings. The molecule has 0 aliphatic carbocycles. The van der Waals surface area contributed by atoms with Crippen molar-refractivity contribution in [2.24, 2.45) is 0 Å². The van der Waals surface area contributed by atoms with Crippen LogP contribution in [0.4, 0.5) is 0 Å². The van der Waals surface area contributed by atoms with Gasteiger partial charge < -0.3 is 8.85 Å². The Labute approximate surface area is 183 Å². The Bertz CT molecular complexity index is 410. The second-order valence-electron chi connectivity index (χ2n) is 8.12. The van der Waals surface area contributed by atoms with Gasteiger partial charge in [0, 0.05) is 13.2 Å². The van der Waals surface area contributed by atoms with Crippen molar-refractivity contribution in [2.75, 3.05) is 13.2 Å². The Kier molecular flexibility index (Phi) is 21.1. The molecule has 0 rings (SSSR count). The van der Waals surface area contributed by atoms with Gasteiger partial charge in [-0.15, -0.1) is 0 Å². The van der Waals surface area contributed by atoms with Crippen LogP contribution in [-0.2, 0) is 8.85 Å². The largest absolute Gasteiger partial charge is 0.395 e. The number of hydrogen-bond donors (Lipinski definition) is 0. The average molecular weight is 421 g/mol. The van der Waals surface area contributed by atoms with Crippen molar-refractivity contribution in [3.8, 4) is 0 Å². The maximum absolute atomic E-state index is 6.08. The normalized spacial score (nSPS) is 13.1. The fourth-order valence-corrected chi connectivity index (χ4v) is 4.39. The van der Waals surface area contributed by atoms with Crippen LogP contribution < -0.4 is 0 Å². The highest BCUT2D eigenvalue weighted by atomic mass is 28.4. The third kappa shape index (κ3) is 23.2. The second-order valence-corrected chi connectivity index (χ2v) is 11.5. The molecule has 0 spiro atoms. The summed E-state index contributed by atoms with van der Waals surface area (Å²) in [7, 11) is -1.92. The summed E-state index contributed by atoms with van der Waals surface area (Å²) in [5.41, 5.74) is 0. The number of rotatable bonds is 20. The van der Waals surface area contributed by atoms with Crippen LogP contribution in [-0.4, -0.2) is 21.8 Å². The Hall–Kier alpha value is -0.903. The molecule has 0 aromatic rings. The van der Waals surface area contributed by atoms with Crippen LogP contribution in [0.1, 0.15) is 90.9 Å². The lowest BCUT2D eigenvalue weighted by molar-refractivity contribution is 0.172. The highest BCUT2D eigenvalue weighted by Gasteiger charge is 2.23. The molecular formula is C26H48O2Si. The molecule has 2 nitrogen and oxygen atoms in total. The van der Waals surface area contributed by atoms with Gasteiger partial charge in [0.15, 0.2) is 0 Å². The first-order valence-electron chi connectivity index (χ1n) is 12.0. The average Bonchev–Trinajstić information content (AvgIpc) is 2.70. The fourth-order valence-electron chi connectivity index (χ4n) is 3.04. The van der Waals surface area contributed by atoms with Gasteiger partial charge in [0.05, 0.1) is 0 Å².